The van der Waals surface area contributed by atoms with Gasteiger partial charge in [-0.1, -0.05) is 6.07 Å². The van der Waals surface area contributed by atoms with Gasteiger partial charge in [-0.2, -0.15) is 0 Å². The van der Waals surface area contributed by atoms with Gasteiger partial charge in [0.15, 0.2) is 0 Å². The maximum absolute atomic E-state index is 12.2. The summed E-state index contributed by atoms with van der Waals surface area (Å²) < 4.78 is 5.54. The van der Waals surface area contributed by atoms with Crippen LogP contribution in [0.3, 0.4) is 0 Å². The van der Waals surface area contributed by atoms with Gasteiger partial charge in [0.2, 0.25) is 0 Å². The summed E-state index contributed by atoms with van der Waals surface area (Å²) in [6, 6.07) is 5.97. The molecular weight excluding hydrogens is 254 g/mol. The molecule has 20 heavy (non-hydrogen) atoms. The highest BCUT2D eigenvalue weighted by atomic mass is 16.5. The molecule has 0 bridgehead atoms. The molecule has 1 saturated heterocycles. The number of hydrogen-bond donors (Lipinski definition) is 2. The minimum Gasteiger partial charge on any atom is -0.365 e. The summed E-state index contributed by atoms with van der Waals surface area (Å²) in [7, 11) is 0. The molecule has 2 N–H and O–H groups in total. The summed E-state index contributed by atoms with van der Waals surface area (Å²) in [6.45, 7) is 4.96. The molecule has 1 amide bonds. The summed E-state index contributed by atoms with van der Waals surface area (Å²) in [5.74, 6) is 0.865. The number of H-pyrrole nitrogens is 1. The third-order valence-corrected chi connectivity index (χ3v) is 3.82. The fourth-order valence-electron chi connectivity index (χ4n) is 2.62. The average Bonchev–Trinajstić information content (AvgIpc) is 3.01. The van der Waals surface area contributed by atoms with Crippen LogP contribution in [-0.4, -0.2) is 28.1 Å². The van der Waals surface area contributed by atoms with Crippen LogP contribution in [0.2, 0.25) is 0 Å². The zero-order valence-corrected chi connectivity index (χ0v) is 11.8. The normalized spacial score (nSPS) is 22.3. The Labute approximate surface area is 117 Å². The molecule has 0 radical (unpaired) electrons. The number of rotatable bonds is 3. The van der Waals surface area contributed by atoms with Gasteiger partial charge < -0.3 is 15.0 Å². The van der Waals surface area contributed by atoms with Crippen molar-refractivity contribution in [3.8, 4) is 0 Å². The maximum Gasteiger partial charge on any atom is 0.252 e. The van der Waals surface area contributed by atoms with Crippen LogP contribution >= 0.6 is 0 Å². The third kappa shape index (κ3) is 2.41. The largest absolute Gasteiger partial charge is 0.365 e. The van der Waals surface area contributed by atoms with Crippen molar-refractivity contribution in [1.82, 2.24) is 15.3 Å². The predicted molar refractivity (Wildman–Crippen MR) is 76.3 cm³/mol. The lowest BCUT2D eigenvalue weighted by Crippen LogP contribution is -2.43. The Balaban J connectivity index is 1.68. The van der Waals surface area contributed by atoms with Crippen LogP contribution in [0.1, 0.15) is 31.2 Å². The van der Waals surface area contributed by atoms with Gasteiger partial charge in [-0.15, -0.1) is 0 Å². The maximum atomic E-state index is 12.2. The van der Waals surface area contributed by atoms with Crippen molar-refractivity contribution >= 4 is 16.9 Å². The van der Waals surface area contributed by atoms with E-state index in [9.17, 15) is 4.79 Å². The first-order valence-electron chi connectivity index (χ1n) is 6.94. The van der Waals surface area contributed by atoms with Crippen LogP contribution in [0.5, 0.6) is 0 Å². The zero-order chi connectivity index (χ0) is 14.2. The molecule has 1 aliphatic rings. The van der Waals surface area contributed by atoms with E-state index in [0.29, 0.717) is 13.2 Å². The Morgan fingerprint density at radius 2 is 2.40 bits per heavy atom. The van der Waals surface area contributed by atoms with E-state index in [1.54, 1.807) is 0 Å². The number of benzene rings is 1. The van der Waals surface area contributed by atoms with Crippen LogP contribution in [0, 0.1) is 6.92 Å². The van der Waals surface area contributed by atoms with Crippen molar-refractivity contribution in [2.75, 3.05) is 6.61 Å². The monoisotopic (exact) mass is 273 g/mol. The summed E-state index contributed by atoms with van der Waals surface area (Å²) >= 11 is 0. The van der Waals surface area contributed by atoms with E-state index in [1.165, 1.54) is 0 Å². The lowest BCUT2D eigenvalue weighted by atomic mass is 10.0. The van der Waals surface area contributed by atoms with E-state index in [0.717, 1.165) is 35.3 Å². The number of imidazole rings is 1. The molecule has 1 aromatic heterocycles. The number of aryl methyl sites for hydroxylation is 1. The number of aromatic amines is 1. The number of nitrogens with one attached hydrogen (secondary N) is 2. The SMILES string of the molecule is Cc1nc2ccc(CNC(=O)[C@]3(C)CCCO3)cc2[nH]1. The summed E-state index contributed by atoms with van der Waals surface area (Å²) in [5.41, 5.74) is 2.34. The average molecular weight is 273 g/mol. The molecule has 106 valence electrons. The second-order valence-corrected chi connectivity index (χ2v) is 5.54. The number of hydrogen-bond acceptors (Lipinski definition) is 3. The van der Waals surface area contributed by atoms with Crippen molar-refractivity contribution in [2.45, 2.75) is 38.8 Å². The number of fused-ring (bicyclic) bond motifs is 1. The highest BCUT2D eigenvalue weighted by Gasteiger charge is 2.37. The molecule has 1 aliphatic heterocycles. The van der Waals surface area contributed by atoms with Crippen LogP contribution in [0.25, 0.3) is 11.0 Å². The van der Waals surface area contributed by atoms with Crippen molar-refractivity contribution in [1.29, 1.82) is 0 Å². The molecule has 0 aliphatic carbocycles. The van der Waals surface area contributed by atoms with E-state index in [1.807, 2.05) is 32.0 Å². The van der Waals surface area contributed by atoms with Gasteiger partial charge in [-0.3, -0.25) is 4.79 Å². The first-order chi connectivity index (χ1) is 9.57. The van der Waals surface area contributed by atoms with Crippen molar-refractivity contribution in [3.63, 3.8) is 0 Å². The highest BCUT2D eigenvalue weighted by Crippen LogP contribution is 2.25. The van der Waals surface area contributed by atoms with E-state index in [4.69, 9.17) is 4.74 Å². The highest BCUT2D eigenvalue weighted by molar-refractivity contribution is 5.85. The molecule has 1 atom stereocenters. The Morgan fingerprint density at radius 3 is 3.15 bits per heavy atom. The molecule has 5 nitrogen and oxygen atoms in total. The molecule has 0 spiro atoms. The molecule has 1 fully saturated rings. The number of nitrogens with zero attached hydrogens (tertiary/aromatic N) is 1. The minimum absolute atomic E-state index is 0.0316. The Kier molecular flexibility index (Phi) is 3.22. The van der Waals surface area contributed by atoms with Gasteiger partial charge in [-0.05, 0) is 44.4 Å². The first-order valence-corrected chi connectivity index (χ1v) is 6.94. The topological polar surface area (TPSA) is 67.0 Å². The van der Waals surface area contributed by atoms with Crippen molar-refractivity contribution < 1.29 is 9.53 Å². The van der Waals surface area contributed by atoms with Gasteiger partial charge in [0, 0.05) is 13.2 Å². The number of aromatic nitrogens is 2. The molecule has 1 aromatic carbocycles. The van der Waals surface area contributed by atoms with Crippen LogP contribution in [0.15, 0.2) is 18.2 Å². The summed E-state index contributed by atoms with van der Waals surface area (Å²) in [5, 5.41) is 2.95. The van der Waals surface area contributed by atoms with Crippen LogP contribution < -0.4 is 5.32 Å². The van der Waals surface area contributed by atoms with Crippen molar-refractivity contribution in [3.05, 3.63) is 29.6 Å². The lowest BCUT2D eigenvalue weighted by molar-refractivity contribution is -0.139. The second-order valence-electron chi connectivity index (χ2n) is 5.54. The van der Waals surface area contributed by atoms with Gasteiger partial charge in [-0.25, -0.2) is 4.98 Å². The molecule has 5 heteroatoms. The van der Waals surface area contributed by atoms with E-state index in [2.05, 4.69) is 15.3 Å². The smallest absolute Gasteiger partial charge is 0.252 e. The second kappa shape index (κ2) is 4.90. The first kappa shape index (κ1) is 13.1. The van der Waals surface area contributed by atoms with Gasteiger partial charge in [0.25, 0.3) is 5.91 Å². The minimum atomic E-state index is -0.658. The molecule has 3 rings (SSSR count). The Bertz CT molecular complexity index is 642. The molecular formula is C15H19N3O2. The number of carbonyl (C=O) groups excluding carboxylic acids is 1. The quantitative estimate of drug-likeness (QED) is 0.899. The lowest BCUT2D eigenvalue weighted by Gasteiger charge is -2.21. The number of amides is 1. The summed E-state index contributed by atoms with van der Waals surface area (Å²) in [6.07, 6.45) is 1.74. The molecule has 0 unspecified atom stereocenters. The molecule has 2 aromatic rings. The van der Waals surface area contributed by atoms with Crippen LogP contribution in [-0.2, 0) is 16.1 Å². The third-order valence-electron chi connectivity index (χ3n) is 3.82. The van der Waals surface area contributed by atoms with E-state index in [-0.39, 0.29) is 5.91 Å². The number of carbonyl (C=O) groups is 1. The summed E-state index contributed by atoms with van der Waals surface area (Å²) in [4.78, 5) is 19.7. The van der Waals surface area contributed by atoms with E-state index < -0.39 is 5.60 Å². The fourth-order valence-corrected chi connectivity index (χ4v) is 2.62. The zero-order valence-electron chi connectivity index (χ0n) is 11.8. The van der Waals surface area contributed by atoms with Gasteiger partial charge >= 0.3 is 0 Å². The van der Waals surface area contributed by atoms with Gasteiger partial charge in [0.1, 0.15) is 11.4 Å². The molecule has 0 saturated carbocycles. The number of ether oxygens (including phenoxy) is 1. The Hall–Kier alpha value is -1.88. The van der Waals surface area contributed by atoms with Crippen LogP contribution in [0.4, 0.5) is 0 Å². The van der Waals surface area contributed by atoms with Crippen molar-refractivity contribution in [2.24, 2.45) is 0 Å². The van der Waals surface area contributed by atoms with Gasteiger partial charge in [0.05, 0.1) is 11.0 Å². The predicted octanol–water partition coefficient (Wildman–Crippen LogP) is 2.06. The molecule has 2 heterocycles. The fraction of sp³-hybridized carbons (Fsp3) is 0.467. The standard InChI is InChI=1S/C15H19N3O2/c1-10-17-12-5-4-11(8-13(12)18-10)9-16-14(19)15(2)6-3-7-20-15/h4-5,8H,3,6-7,9H2,1-2H3,(H,16,19)(H,17,18)/t15-/m0/s1. The Morgan fingerprint density at radius 1 is 1.55 bits per heavy atom. The van der Waals surface area contributed by atoms with E-state index >= 15 is 0 Å².